The number of hydrogen-bond acceptors (Lipinski definition) is 2. The second kappa shape index (κ2) is 3.50. The molecule has 1 rings (SSSR count). The molecule has 0 saturated heterocycles. The van der Waals surface area contributed by atoms with Crippen LogP contribution in [0.25, 0.3) is 0 Å². The van der Waals surface area contributed by atoms with Gasteiger partial charge in [-0.15, -0.1) is 0 Å². The van der Waals surface area contributed by atoms with Gasteiger partial charge in [-0.25, -0.2) is 0 Å². The molecule has 0 aliphatic heterocycles. The molecule has 12 heavy (non-hydrogen) atoms. The first kappa shape index (κ1) is 10.3. The van der Waals surface area contributed by atoms with Crippen LogP contribution in [0.2, 0.25) is 0 Å². The molecule has 0 radical (unpaired) electrons. The first-order chi connectivity index (χ1) is 5.50. The SMILES string of the molecule is CC1(C)C(C=C(Br)Br)C1OC=O. The first-order valence-corrected chi connectivity index (χ1v) is 5.20. The van der Waals surface area contributed by atoms with Gasteiger partial charge in [-0.1, -0.05) is 19.9 Å². The molecular formula is C8H10Br2O2. The molecule has 4 heteroatoms. The van der Waals surface area contributed by atoms with Crippen molar-refractivity contribution in [3.05, 3.63) is 9.47 Å². The first-order valence-electron chi connectivity index (χ1n) is 3.62. The van der Waals surface area contributed by atoms with E-state index in [4.69, 9.17) is 4.74 Å². The van der Waals surface area contributed by atoms with Gasteiger partial charge in [0.2, 0.25) is 0 Å². The standard InChI is InChI=1S/C8H10Br2O2/c1-8(2)5(3-6(9)10)7(8)12-4-11/h3-5,7H,1-2H3. The van der Waals surface area contributed by atoms with Crippen LogP contribution in [-0.2, 0) is 9.53 Å². The van der Waals surface area contributed by atoms with Gasteiger partial charge < -0.3 is 4.74 Å². The lowest BCUT2D eigenvalue weighted by Gasteiger charge is -1.97. The lowest BCUT2D eigenvalue weighted by Crippen LogP contribution is -1.98. The predicted octanol–water partition coefficient (Wildman–Crippen LogP) is 2.82. The molecule has 68 valence electrons. The smallest absolute Gasteiger partial charge is 0.293 e. The van der Waals surface area contributed by atoms with Crippen molar-refractivity contribution < 1.29 is 9.53 Å². The van der Waals surface area contributed by atoms with Crippen molar-refractivity contribution in [2.75, 3.05) is 0 Å². The van der Waals surface area contributed by atoms with Crippen molar-refractivity contribution in [2.45, 2.75) is 20.0 Å². The van der Waals surface area contributed by atoms with Gasteiger partial charge in [0.05, 0.1) is 3.39 Å². The Morgan fingerprint density at radius 1 is 1.50 bits per heavy atom. The molecule has 2 atom stereocenters. The average molecular weight is 298 g/mol. The van der Waals surface area contributed by atoms with Crippen LogP contribution in [0.4, 0.5) is 0 Å². The van der Waals surface area contributed by atoms with Crippen LogP contribution < -0.4 is 0 Å². The minimum atomic E-state index is 0.0279. The van der Waals surface area contributed by atoms with E-state index in [1.165, 1.54) is 0 Å². The van der Waals surface area contributed by atoms with E-state index >= 15 is 0 Å². The Kier molecular flexibility index (Phi) is 2.99. The van der Waals surface area contributed by atoms with E-state index < -0.39 is 0 Å². The van der Waals surface area contributed by atoms with Crippen LogP contribution in [0.3, 0.4) is 0 Å². The van der Waals surface area contributed by atoms with Crippen molar-refractivity contribution in [3.8, 4) is 0 Å². The minimum Gasteiger partial charge on any atom is -0.463 e. The van der Waals surface area contributed by atoms with Crippen LogP contribution in [0.5, 0.6) is 0 Å². The molecule has 0 amide bonds. The molecule has 1 aliphatic rings. The molecule has 0 aromatic carbocycles. The molecule has 0 aromatic heterocycles. The second-order valence-corrected chi connectivity index (χ2v) is 6.23. The molecule has 1 fully saturated rings. The summed E-state index contributed by atoms with van der Waals surface area (Å²) in [6.07, 6.45) is 2.04. The molecule has 2 unspecified atom stereocenters. The van der Waals surface area contributed by atoms with Gasteiger partial charge in [-0.2, -0.15) is 0 Å². The maximum atomic E-state index is 10.1. The quantitative estimate of drug-likeness (QED) is 0.749. The maximum Gasteiger partial charge on any atom is 0.293 e. The summed E-state index contributed by atoms with van der Waals surface area (Å²) in [5.74, 6) is 0.316. The zero-order valence-corrected chi connectivity index (χ0v) is 10.1. The summed E-state index contributed by atoms with van der Waals surface area (Å²) in [6, 6.07) is 0. The molecule has 1 saturated carbocycles. The van der Waals surface area contributed by atoms with E-state index in [0.717, 1.165) is 3.39 Å². The number of carbonyl (C=O) groups is 1. The van der Waals surface area contributed by atoms with Crippen molar-refractivity contribution in [1.82, 2.24) is 0 Å². The summed E-state index contributed by atoms with van der Waals surface area (Å²) in [4.78, 5) is 10.1. The number of halogens is 2. The summed E-state index contributed by atoms with van der Waals surface area (Å²) in [5.41, 5.74) is 0.0771. The highest BCUT2D eigenvalue weighted by atomic mass is 79.9. The van der Waals surface area contributed by atoms with Crippen molar-refractivity contribution >= 4 is 38.3 Å². The largest absolute Gasteiger partial charge is 0.463 e. The Bertz CT molecular complexity index is 219. The van der Waals surface area contributed by atoms with E-state index in [1.807, 2.05) is 6.08 Å². The lowest BCUT2D eigenvalue weighted by molar-refractivity contribution is -0.130. The topological polar surface area (TPSA) is 26.3 Å². The van der Waals surface area contributed by atoms with E-state index in [1.54, 1.807) is 0 Å². The van der Waals surface area contributed by atoms with Gasteiger partial charge in [-0.05, 0) is 31.9 Å². The highest BCUT2D eigenvalue weighted by Crippen LogP contribution is 2.55. The number of carbonyl (C=O) groups excluding carboxylic acids is 1. The van der Waals surface area contributed by atoms with Gasteiger partial charge in [0, 0.05) is 11.3 Å². The van der Waals surface area contributed by atoms with Gasteiger partial charge in [0.15, 0.2) is 0 Å². The zero-order valence-electron chi connectivity index (χ0n) is 6.88. The third kappa shape index (κ3) is 1.91. The summed E-state index contributed by atoms with van der Waals surface area (Å²) in [6.45, 7) is 4.67. The van der Waals surface area contributed by atoms with Gasteiger partial charge >= 0.3 is 0 Å². The summed E-state index contributed by atoms with van der Waals surface area (Å²) < 4.78 is 5.82. The Balaban J connectivity index is 2.60. The monoisotopic (exact) mass is 296 g/mol. The average Bonchev–Trinajstić information content (AvgIpc) is 2.39. The molecule has 0 aromatic rings. The zero-order chi connectivity index (χ0) is 9.35. The number of rotatable bonds is 3. The highest BCUT2D eigenvalue weighted by Gasteiger charge is 2.58. The van der Waals surface area contributed by atoms with Crippen molar-refractivity contribution in [3.63, 3.8) is 0 Å². The highest BCUT2D eigenvalue weighted by molar-refractivity contribution is 9.28. The summed E-state index contributed by atoms with van der Waals surface area (Å²) in [5, 5.41) is 0. The number of ether oxygens (including phenoxy) is 1. The predicted molar refractivity (Wildman–Crippen MR) is 54.1 cm³/mol. The van der Waals surface area contributed by atoms with Gasteiger partial charge in [-0.3, -0.25) is 4.79 Å². The fourth-order valence-electron chi connectivity index (χ4n) is 1.39. The molecule has 0 N–H and O–H groups in total. The van der Waals surface area contributed by atoms with E-state index in [-0.39, 0.29) is 11.5 Å². The molecule has 0 bridgehead atoms. The van der Waals surface area contributed by atoms with E-state index in [2.05, 4.69) is 45.7 Å². The van der Waals surface area contributed by atoms with Crippen LogP contribution in [0, 0.1) is 11.3 Å². The van der Waals surface area contributed by atoms with Crippen LogP contribution in [0.15, 0.2) is 9.47 Å². The van der Waals surface area contributed by atoms with Gasteiger partial charge in [0.25, 0.3) is 6.47 Å². The fourth-order valence-corrected chi connectivity index (χ4v) is 1.96. The van der Waals surface area contributed by atoms with Crippen LogP contribution in [0.1, 0.15) is 13.8 Å². The third-order valence-electron chi connectivity index (χ3n) is 2.32. The molecule has 2 nitrogen and oxygen atoms in total. The third-order valence-corrected chi connectivity index (χ3v) is 2.85. The van der Waals surface area contributed by atoms with Gasteiger partial charge in [0.1, 0.15) is 6.10 Å². The summed E-state index contributed by atoms with van der Waals surface area (Å²) in [7, 11) is 0. The van der Waals surface area contributed by atoms with Crippen LogP contribution >= 0.6 is 31.9 Å². The Labute approximate surface area is 88.6 Å². The molecular weight excluding hydrogens is 288 g/mol. The Morgan fingerprint density at radius 2 is 2.08 bits per heavy atom. The second-order valence-electron chi connectivity index (χ2n) is 3.46. The molecule has 0 heterocycles. The lowest BCUT2D eigenvalue weighted by atomic mass is 10.1. The summed E-state index contributed by atoms with van der Waals surface area (Å²) >= 11 is 6.56. The number of hydrogen-bond donors (Lipinski definition) is 0. The Hall–Kier alpha value is 0.170. The minimum absolute atomic E-state index is 0.0279. The van der Waals surface area contributed by atoms with E-state index in [9.17, 15) is 4.79 Å². The van der Waals surface area contributed by atoms with Crippen molar-refractivity contribution in [1.29, 1.82) is 0 Å². The Morgan fingerprint density at radius 3 is 2.50 bits per heavy atom. The van der Waals surface area contributed by atoms with Crippen LogP contribution in [-0.4, -0.2) is 12.6 Å². The molecule has 0 spiro atoms. The normalized spacial score (nSPS) is 30.7. The van der Waals surface area contributed by atoms with Crippen molar-refractivity contribution in [2.24, 2.45) is 11.3 Å². The van der Waals surface area contributed by atoms with E-state index in [0.29, 0.717) is 12.4 Å². The molecule has 1 aliphatic carbocycles. The fraction of sp³-hybridized carbons (Fsp3) is 0.625. The maximum absolute atomic E-state index is 10.1.